The number of carbonyl (C=O) groups is 1. The van der Waals surface area contributed by atoms with E-state index in [2.05, 4.69) is 22.9 Å². The molecule has 3 heteroatoms. The molecule has 1 unspecified atom stereocenters. The van der Waals surface area contributed by atoms with Crippen molar-refractivity contribution in [2.75, 3.05) is 0 Å². The van der Waals surface area contributed by atoms with Crippen molar-refractivity contribution >= 4 is 22.2 Å². The highest BCUT2D eigenvalue weighted by Crippen LogP contribution is 2.38. The SMILES string of the molecule is CC1CCCc2cc(F)c(C=O)c(Br)c21. The first kappa shape index (κ1) is 10.8. The van der Waals surface area contributed by atoms with Crippen LogP contribution >= 0.6 is 15.9 Å². The van der Waals surface area contributed by atoms with Gasteiger partial charge in [0.1, 0.15) is 5.82 Å². The van der Waals surface area contributed by atoms with Crippen molar-refractivity contribution < 1.29 is 9.18 Å². The van der Waals surface area contributed by atoms with Gasteiger partial charge in [-0.1, -0.05) is 6.92 Å². The highest BCUT2D eigenvalue weighted by atomic mass is 79.9. The predicted octanol–water partition coefficient (Wildman–Crippen LogP) is 3.84. The van der Waals surface area contributed by atoms with Gasteiger partial charge >= 0.3 is 0 Å². The number of halogens is 2. The number of rotatable bonds is 1. The highest BCUT2D eigenvalue weighted by molar-refractivity contribution is 9.10. The van der Waals surface area contributed by atoms with Gasteiger partial charge < -0.3 is 0 Å². The molecule has 1 atom stereocenters. The number of fused-ring (bicyclic) bond motifs is 1. The molecule has 15 heavy (non-hydrogen) atoms. The van der Waals surface area contributed by atoms with Gasteiger partial charge in [0.05, 0.1) is 5.56 Å². The van der Waals surface area contributed by atoms with Gasteiger partial charge in [-0.25, -0.2) is 4.39 Å². The summed E-state index contributed by atoms with van der Waals surface area (Å²) in [6, 6.07) is 1.51. The summed E-state index contributed by atoms with van der Waals surface area (Å²) in [6.45, 7) is 2.12. The first-order valence-electron chi connectivity index (χ1n) is 5.11. The summed E-state index contributed by atoms with van der Waals surface area (Å²) in [4.78, 5) is 10.8. The maximum absolute atomic E-state index is 13.5. The molecule has 0 fully saturated rings. The van der Waals surface area contributed by atoms with Crippen molar-refractivity contribution in [1.29, 1.82) is 0 Å². The second-order valence-electron chi connectivity index (χ2n) is 4.07. The average molecular weight is 271 g/mol. The molecule has 1 aromatic carbocycles. The second-order valence-corrected chi connectivity index (χ2v) is 4.86. The third kappa shape index (κ3) is 1.73. The Morgan fingerprint density at radius 1 is 1.60 bits per heavy atom. The molecule has 80 valence electrons. The van der Waals surface area contributed by atoms with Gasteiger partial charge in [-0.2, -0.15) is 0 Å². The fourth-order valence-corrected chi connectivity index (χ4v) is 3.22. The van der Waals surface area contributed by atoms with Crippen LogP contribution in [0.1, 0.15) is 47.2 Å². The molecule has 0 amide bonds. The van der Waals surface area contributed by atoms with E-state index in [4.69, 9.17) is 0 Å². The molecular formula is C12H12BrFO. The standard InChI is InChI=1S/C12H12BrFO/c1-7-3-2-4-8-5-10(14)9(6-15)12(13)11(7)8/h5-7H,2-4H2,1H3. The molecule has 0 bridgehead atoms. The molecule has 1 aliphatic carbocycles. The van der Waals surface area contributed by atoms with Gasteiger partial charge in [-0.15, -0.1) is 0 Å². The Morgan fingerprint density at radius 3 is 3.00 bits per heavy atom. The summed E-state index contributed by atoms with van der Waals surface area (Å²) in [7, 11) is 0. The summed E-state index contributed by atoms with van der Waals surface area (Å²) in [5.74, 6) is -0.00727. The lowest BCUT2D eigenvalue weighted by molar-refractivity contribution is 0.111. The van der Waals surface area contributed by atoms with Crippen LogP contribution in [0, 0.1) is 5.82 Å². The van der Waals surface area contributed by atoms with E-state index in [0.29, 0.717) is 16.7 Å². The van der Waals surface area contributed by atoms with E-state index < -0.39 is 5.82 Å². The summed E-state index contributed by atoms with van der Waals surface area (Å²) < 4.78 is 14.2. The Kier molecular flexibility index (Phi) is 2.91. The zero-order valence-electron chi connectivity index (χ0n) is 8.52. The van der Waals surface area contributed by atoms with Crippen LogP contribution in [0.25, 0.3) is 0 Å². The minimum Gasteiger partial charge on any atom is -0.298 e. The van der Waals surface area contributed by atoms with E-state index in [1.54, 1.807) is 0 Å². The molecule has 0 saturated carbocycles. The zero-order chi connectivity index (χ0) is 11.0. The summed E-state index contributed by atoms with van der Waals surface area (Å²) in [5.41, 5.74) is 2.32. The van der Waals surface area contributed by atoms with Gasteiger partial charge in [0.15, 0.2) is 6.29 Å². The highest BCUT2D eigenvalue weighted by Gasteiger charge is 2.23. The molecule has 2 rings (SSSR count). The fourth-order valence-electron chi connectivity index (χ4n) is 2.29. The number of hydrogen-bond donors (Lipinski definition) is 0. The van der Waals surface area contributed by atoms with Crippen molar-refractivity contribution in [1.82, 2.24) is 0 Å². The first-order chi connectivity index (χ1) is 7.15. The molecule has 0 heterocycles. The van der Waals surface area contributed by atoms with E-state index in [1.165, 1.54) is 6.07 Å². The van der Waals surface area contributed by atoms with E-state index in [-0.39, 0.29) is 5.56 Å². The Balaban J connectivity index is 2.67. The monoisotopic (exact) mass is 270 g/mol. The van der Waals surface area contributed by atoms with Crippen molar-refractivity contribution in [2.45, 2.75) is 32.1 Å². The van der Waals surface area contributed by atoms with E-state index in [9.17, 15) is 9.18 Å². The van der Waals surface area contributed by atoms with Gasteiger partial charge in [0.25, 0.3) is 0 Å². The minimum atomic E-state index is -0.412. The van der Waals surface area contributed by atoms with Crippen molar-refractivity contribution in [3.63, 3.8) is 0 Å². The van der Waals surface area contributed by atoms with Crippen LogP contribution in [0.15, 0.2) is 10.5 Å². The maximum Gasteiger partial charge on any atom is 0.154 e. The molecule has 0 aromatic heterocycles. The Morgan fingerprint density at radius 2 is 2.33 bits per heavy atom. The molecule has 0 spiro atoms. The third-order valence-electron chi connectivity index (χ3n) is 3.07. The maximum atomic E-state index is 13.5. The minimum absolute atomic E-state index is 0.155. The van der Waals surface area contributed by atoms with Crippen LogP contribution in [0.2, 0.25) is 0 Å². The summed E-state index contributed by atoms with van der Waals surface area (Å²) in [6.07, 6.45) is 3.70. The lowest BCUT2D eigenvalue weighted by Crippen LogP contribution is -2.10. The number of hydrogen-bond acceptors (Lipinski definition) is 1. The lowest BCUT2D eigenvalue weighted by Gasteiger charge is -2.24. The number of aldehydes is 1. The normalized spacial score (nSPS) is 19.8. The molecule has 1 aromatic rings. The van der Waals surface area contributed by atoms with Gasteiger partial charge in [-0.05, 0) is 58.3 Å². The topological polar surface area (TPSA) is 17.1 Å². The third-order valence-corrected chi connectivity index (χ3v) is 3.93. The van der Waals surface area contributed by atoms with E-state index in [0.717, 1.165) is 30.4 Å². The lowest BCUT2D eigenvalue weighted by atomic mass is 9.83. The van der Waals surface area contributed by atoms with Crippen molar-refractivity contribution in [2.24, 2.45) is 0 Å². The van der Waals surface area contributed by atoms with Gasteiger partial charge in [0.2, 0.25) is 0 Å². The quantitative estimate of drug-likeness (QED) is 0.709. The van der Waals surface area contributed by atoms with Gasteiger partial charge in [0, 0.05) is 4.47 Å². The van der Waals surface area contributed by atoms with Crippen molar-refractivity contribution in [3.8, 4) is 0 Å². The number of carbonyl (C=O) groups excluding carboxylic acids is 1. The zero-order valence-corrected chi connectivity index (χ0v) is 10.1. The van der Waals surface area contributed by atoms with Crippen LogP contribution in [0.4, 0.5) is 4.39 Å². The molecular weight excluding hydrogens is 259 g/mol. The van der Waals surface area contributed by atoms with Crippen LogP contribution in [0.5, 0.6) is 0 Å². The molecule has 0 N–H and O–H groups in total. The van der Waals surface area contributed by atoms with Crippen LogP contribution < -0.4 is 0 Å². The van der Waals surface area contributed by atoms with E-state index >= 15 is 0 Å². The smallest absolute Gasteiger partial charge is 0.154 e. The Labute approximate surface area is 96.8 Å². The predicted molar refractivity (Wildman–Crippen MR) is 60.8 cm³/mol. The van der Waals surface area contributed by atoms with Gasteiger partial charge in [-0.3, -0.25) is 4.79 Å². The second kappa shape index (κ2) is 4.05. The Hall–Kier alpha value is -0.700. The molecule has 1 nitrogen and oxygen atoms in total. The number of aryl methyl sites for hydroxylation is 1. The summed E-state index contributed by atoms with van der Waals surface area (Å²) >= 11 is 3.35. The largest absolute Gasteiger partial charge is 0.298 e. The molecule has 1 aliphatic rings. The summed E-state index contributed by atoms with van der Waals surface area (Å²) in [5, 5.41) is 0. The molecule has 0 saturated heterocycles. The van der Waals surface area contributed by atoms with Crippen LogP contribution in [-0.4, -0.2) is 6.29 Å². The van der Waals surface area contributed by atoms with Crippen LogP contribution in [0.3, 0.4) is 0 Å². The molecule has 0 aliphatic heterocycles. The van der Waals surface area contributed by atoms with Crippen LogP contribution in [-0.2, 0) is 6.42 Å². The fraction of sp³-hybridized carbons (Fsp3) is 0.417. The Bertz CT molecular complexity index is 415. The van der Waals surface area contributed by atoms with Crippen molar-refractivity contribution in [3.05, 3.63) is 33.0 Å². The number of benzene rings is 1. The average Bonchev–Trinajstić information content (AvgIpc) is 2.17. The molecule has 0 radical (unpaired) electrons. The van der Waals surface area contributed by atoms with E-state index in [1.807, 2.05) is 0 Å². The first-order valence-corrected chi connectivity index (χ1v) is 5.90.